The van der Waals surface area contributed by atoms with E-state index in [1.54, 1.807) is 43.1 Å². The largest absolute Gasteiger partial charge is 0.497 e. The quantitative estimate of drug-likeness (QED) is 0.479. The van der Waals surface area contributed by atoms with Gasteiger partial charge in [0.15, 0.2) is 6.61 Å². The highest BCUT2D eigenvalue weighted by atomic mass is 32.2. The van der Waals surface area contributed by atoms with Crippen LogP contribution >= 0.6 is 11.8 Å². The van der Waals surface area contributed by atoms with Crippen molar-refractivity contribution in [3.05, 3.63) is 54.7 Å². The summed E-state index contributed by atoms with van der Waals surface area (Å²) in [6.45, 7) is 0.596. The number of benzene rings is 2. The molecule has 0 aliphatic heterocycles. The van der Waals surface area contributed by atoms with Gasteiger partial charge in [-0.2, -0.15) is 0 Å². The van der Waals surface area contributed by atoms with Crippen LogP contribution in [0, 0.1) is 0 Å². The maximum absolute atomic E-state index is 11.8. The minimum absolute atomic E-state index is 0.00405. The maximum atomic E-state index is 11.8. The Labute approximate surface area is 150 Å². The molecule has 3 aromatic rings. The van der Waals surface area contributed by atoms with Gasteiger partial charge < -0.3 is 19.8 Å². The Morgan fingerprint density at radius 2 is 1.88 bits per heavy atom. The second-order valence-corrected chi connectivity index (χ2v) is 6.50. The third-order valence-electron chi connectivity index (χ3n) is 3.66. The van der Waals surface area contributed by atoms with E-state index in [-0.39, 0.29) is 12.5 Å². The number of carbonyl (C=O) groups is 1. The monoisotopic (exact) mass is 356 g/mol. The molecule has 0 aliphatic rings. The number of carbonyl (C=O) groups excluding carboxylic acids is 1. The van der Waals surface area contributed by atoms with Crippen molar-refractivity contribution in [3.63, 3.8) is 0 Å². The summed E-state index contributed by atoms with van der Waals surface area (Å²) in [5.74, 6) is 2.07. The van der Waals surface area contributed by atoms with Gasteiger partial charge in [0.25, 0.3) is 5.91 Å². The molecule has 0 radical (unpaired) electrons. The van der Waals surface area contributed by atoms with Crippen LogP contribution in [-0.2, 0) is 4.79 Å². The standard InChI is InChI=1S/C19H20N2O3S/c1-23-14-6-8-15(9-7-14)24-13-19(22)20-10-11-25-18-12-21-17-5-3-2-4-16(17)18/h2-9,12,21H,10-11,13H2,1H3,(H,20,22). The van der Waals surface area contributed by atoms with Gasteiger partial charge in [-0.25, -0.2) is 0 Å². The number of hydrogen-bond acceptors (Lipinski definition) is 4. The van der Waals surface area contributed by atoms with Gasteiger partial charge in [-0.1, -0.05) is 18.2 Å². The minimum Gasteiger partial charge on any atom is -0.497 e. The van der Waals surface area contributed by atoms with Gasteiger partial charge in [-0.3, -0.25) is 4.79 Å². The van der Waals surface area contributed by atoms with Crippen LogP contribution in [0.1, 0.15) is 0 Å². The number of para-hydroxylation sites is 1. The number of nitrogens with one attached hydrogen (secondary N) is 2. The fourth-order valence-electron chi connectivity index (χ4n) is 2.39. The summed E-state index contributed by atoms with van der Waals surface area (Å²) in [5.41, 5.74) is 1.13. The van der Waals surface area contributed by atoms with Crippen molar-refractivity contribution in [1.29, 1.82) is 0 Å². The first kappa shape index (κ1) is 17.2. The molecule has 2 aromatic carbocycles. The van der Waals surface area contributed by atoms with Crippen LogP contribution < -0.4 is 14.8 Å². The highest BCUT2D eigenvalue weighted by molar-refractivity contribution is 7.99. The van der Waals surface area contributed by atoms with E-state index >= 15 is 0 Å². The molecule has 0 unspecified atom stereocenters. The van der Waals surface area contributed by atoms with Crippen molar-refractivity contribution in [2.75, 3.05) is 26.0 Å². The number of rotatable bonds is 8. The van der Waals surface area contributed by atoms with Crippen molar-refractivity contribution in [3.8, 4) is 11.5 Å². The van der Waals surface area contributed by atoms with Gasteiger partial charge in [-0.15, -0.1) is 11.8 Å². The predicted molar refractivity (Wildman–Crippen MR) is 101 cm³/mol. The van der Waals surface area contributed by atoms with E-state index < -0.39 is 0 Å². The highest BCUT2D eigenvalue weighted by Gasteiger charge is 2.05. The van der Waals surface area contributed by atoms with Crippen LogP contribution in [0.5, 0.6) is 11.5 Å². The average molecular weight is 356 g/mol. The number of amides is 1. The van der Waals surface area contributed by atoms with Crippen LogP contribution in [0.3, 0.4) is 0 Å². The molecule has 1 aromatic heterocycles. The fraction of sp³-hybridized carbons (Fsp3) is 0.211. The molecule has 0 saturated heterocycles. The van der Waals surface area contributed by atoms with Crippen LogP contribution in [0.15, 0.2) is 59.6 Å². The lowest BCUT2D eigenvalue weighted by molar-refractivity contribution is -0.122. The van der Waals surface area contributed by atoms with Crippen molar-refractivity contribution in [1.82, 2.24) is 10.3 Å². The zero-order valence-corrected chi connectivity index (χ0v) is 14.8. The Bertz CT molecular complexity index is 830. The molecular formula is C19H20N2O3S. The molecule has 130 valence electrons. The van der Waals surface area contributed by atoms with E-state index in [2.05, 4.69) is 22.4 Å². The summed E-state index contributed by atoms with van der Waals surface area (Å²) in [4.78, 5) is 16.3. The number of thioether (sulfide) groups is 1. The molecule has 3 rings (SSSR count). The van der Waals surface area contributed by atoms with Crippen molar-refractivity contribution >= 4 is 28.6 Å². The number of fused-ring (bicyclic) bond motifs is 1. The molecule has 0 atom stereocenters. The number of H-pyrrole nitrogens is 1. The van der Waals surface area contributed by atoms with Crippen molar-refractivity contribution < 1.29 is 14.3 Å². The van der Waals surface area contributed by atoms with E-state index in [4.69, 9.17) is 9.47 Å². The molecule has 1 heterocycles. The van der Waals surface area contributed by atoms with E-state index in [0.29, 0.717) is 12.3 Å². The Morgan fingerprint density at radius 3 is 2.68 bits per heavy atom. The van der Waals surface area contributed by atoms with Crippen LogP contribution in [0.2, 0.25) is 0 Å². The Morgan fingerprint density at radius 1 is 1.12 bits per heavy atom. The van der Waals surface area contributed by atoms with Gasteiger partial charge in [0.1, 0.15) is 11.5 Å². The summed E-state index contributed by atoms with van der Waals surface area (Å²) in [6, 6.07) is 15.3. The SMILES string of the molecule is COc1ccc(OCC(=O)NCCSc2c[nH]c3ccccc23)cc1. The Balaban J connectivity index is 1.37. The number of methoxy groups -OCH3 is 1. The zero-order valence-electron chi connectivity index (χ0n) is 14.0. The van der Waals surface area contributed by atoms with Crippen LogP contribution in [0.4, 0.5) is 0 Å². The third kappa shape index (κ3) is 4.70. The Hall–Kier alpha value is -2.60. The molecule has 25 heavy (non-hydrogen) atoms. The molecule has 1 amide bonds. The zero-order chi connectivity index (χ0) is 17.5. The summed E-state index contributed by atoms with van der Waals surface area (Å²) in [7, 11) is 1.61. The van der Waals surface area contributed by atoms with Gasteiger partial charge in [0, 0.05) is 34.3 Å². The number of aromatic nitrogens is 1. The van der Waals surface area contributed by atoms with Gasteiger partial charge in [0.05, 0.1) is 7.11 Å². The normalized spacial score (nSPS) is 10.6. The minimum atomic E-state index is -0.129. The first-order valence-electron chi connectivity index (χ1n) is 7.99. The predicted octanol–water partition coefficient (Wildman–Crippen LogP) is 3.46. The van der Waals surface area contributed by atoms with Crippen molar-refractivity contribution in [2.24, 2.45) is 0 Å². The van der Waals surface area contributed by atoms with Gasteiger partial charge in [-0.05, 0) is 30.3 Å². The third-order valence-corrected chi connectivity index (χ3v) is 4.72. The van der Waals surface area contributed by atoms with E-state index in [0.717, 1.165) is 17.0 Å². The van der Waals surface area contributed by atoms with E-state index in [1.165, 1.54) is 10.3 Å². The highest BCUT2D eigenvalue weighted by Crippen LogP contribution is 2.27. The lowest BCUT2D eigenvalue weighted by atomic mass is 10.2. The number of ether oxygens (including phenoxy) is 2. The summed E-state index contributed by atoms with van der Waals surface area (Å²) in [6.07, 6.45) is 2.00. The second-order valence-electron chi connectivity index (χ2n) is 5.36. The van der Waals surface area contributed by atoms with Crippen LogP contribution in [-0.4, -0.2) is 36.9 Å². The number of aromatic amines is 1. The molecule has 6 heteroatoms. The first-order valence-corrected chi connectivity index (χ1v) is 8.97. The van der Waals surface area contributed by atoms with Crippen molar-refractivity contribution in [2.45, 2.75) is 4.90 Å². The smallest absolute Gasteiger partial charge is 0.257 e. The second kappa shape index (κ2) is 8.48. The lowest BCUT2D eigenvalue weighted by Crippen LogP contribution is -2.30. The van der Waals surface area contributed by atoms with E-state index in [9.17, 15) is 4.79 Å². The molecule has 2 N–H and O–H groups in total. The summed E-state index contributed by atoms with van der Waals surface area (Å²) in [5, 5.41) is 4.08. The molecule has 0 bridgehead atoms. The molecule has 0 spiro atoms. The average Bonchev–Trinajstić information content (AvgIpc) is 3.07. The maximum Gasteiger partial charge on any atom is 0.257 e. The van der Waals surface area contributed by atoms with Crippen LogP contribution in [0.25, 0.3) is 10.9 Å². The lowest BCUT2D eigenvalue weighted by Gasteiger charge is -2.08. The fourth-order valence-corrected chi connectivity index (χ4v) is 3.29. The summed E-state index contributed by atoms with van der Waals surface area (Å²) < 4.78 is 10.5. The molecule has 0 saturated carbocycles. The number of hydrogen-bond donors (Lipinski definition) is 2. The topological polar surface area (TPSA) is 63.4 Å². The van der Waals surface area contributed by atoms with Gasteiger partial charge in [0.2, 0.25) is 0 Å². The molecule has 0 fully saturated rings. The molecular weight excluding hydrogens is 336 g/mol. The first-order chi connectivity index (χ1) is 12.3. The van der Waals surface area contributed by atoms with Gasteiger partial charge >= 0.3 is 0 Å². The molecule has 0 aliphatic carbocycles. The Kier molecular flexibility index (Phi) is 5.85. The summed E-state index contributed by atoms with van der Waals surface area (Å²) >= 11 is 1.72. The van der Waals surface area contributed by atoms with E-state index in [1.807, 2.05) is 18.3 Å². The molecule has 5 nitrogen and oxygen atoms in total.